The van der Waals surface area contributed by atoms with Gasteiger partial charge in [-0.25, -0.2) is 0 Å². The summed E-state index contributed by atoms with van der Waals surface area (Å²) >= 11 is 3.61. The second-order valence-corrected chi connectivity index (χ2v) is 4.96. The van der Waals surface area contributed by atoms with Crippen LogP contribution in [-0.2, 0) is 19.9 Å². The number of aromatic nitrogens is 2. The Bertz CT molecular complexity index is 506. The van der Waals surface area contributed by atoms with E-state index in [1.807, 2.05) is 17.8 Å². The van der Waals surface area contributed by atoms with Gasteiger partial charge in [-0.1, -0.05) is 6.92 Å². The number of nitrogens with zero attached hydrogens (tertiary/aromatic N) is 2. The molecule has 0 saturated carbocycles. The summed E-state index contributed by atoms with van der Waals surface area (Å²) < 4.78 is 8.05. The van der Waals surface area contributed by atoms with Crippen molar-refractivity contribution < 1.29 is 4.42 Å². The fourth-order valence-corrected chi connectivity index (χ4v) is 2.76. The molecular weight excluding hydrogens is 296 g/mol. The van der Waals surface area contributed by atoms with Crippen LogP contribution in [0.3, 0.4) is 0 Å². The van der Waals surface area contributed by atoms with E-state index >= 15 is 0 Å². The first kappa shape index (κ1) is 13.3. The first-order valence-corrected chi connectivity index (χ1v) is 6.65. The molecule has 5 nitrogen and oxygen atoms in total. The Kier molecular flexibility index (Phi) is 4.21. The number of hydrazine groups is 1. The third-order valence-electron chi connectivity index (χ3n) is 3.05. The van der Waals surface area contributed by atoms with Crippen LogP contribution in [0.1, 0.15) is 29.9 Å². The Labute approximate surface area is 114 Å². The van der Waals surface area contributed by atoms with Crippen molar-refractivity contribution >= 4 is 15.9 Å². The van der Waals surface area contributed by atoms with Crippen molar-refractivity contribution in [3.05, 3.63) is 40.0 Å². The number of rotatable bonds is 5. The van der Waals surface area contributed by atoms with E-state index < -0.39 is 0 Å². The quantitative estimate of drug-likeness (QED) is 0.655. The molecule has 0 aliphatic rings. The van der Waals surface area contributed by atoms with E-state index in [1.165, 1.54) is 0 Å². The molecule has 2 aromatic rings. The third kappa shape index (κ3) is 2.50. The van der Waals surface area contributed by atoms with Gasteiger partial charge in [-0.05, 0) is 28.4 Å². The van der Waals surface area contributed by atoms with E-state index in [1.54, 1.807) is 12.5 Å². The number of nitrogens with two attached hydrogens (primary N) is 1. The molecule has 0 amide bonds. The summed E-state index contributed by atoms with van der Waals surface area (Å²) in [5.41, 5.74) is 6.03. The van der Waals surface area contributed by atoms with Crippen LogP contribution < -0.4 is 11.3 Å². The smallest absolute Gasteiger partial charge is 0.0951 e. The maximum atomic E-state index is 5.61. The molecule has 0 fully saturated rings. The van der Waals surface area contributed by atoms with E-state index in [4.69, 9.17) is 10.3 Å². The molecule has 0 bridgehead atoms. The Hall–Kier alpha value is -1.11. The minimum atomic E-state index is 0.0140. The Morgan fingerprint density at radius 3 is 2.89 bits per heavy atom. The van der Waals surface area contributed by atoms with Gasteiger partial charge in [0.05, 0.1) is 34.4 Å². The minimum Gasteiger partial charge on any atom is -0.472 e. The molecule has 18 heavy (non-hydrogen) atoms. The number of aryl methyl sites for hydroxylation is 2. The molecule has 98 valence electrons. The van der Waals surface area contributed by atoms with Crippen molar-refractivity contribution in [3.63, 3.8) is 0 Å². The Morgan fingerprint density at radius 2 is 2.39 bits per heavy atom. The molecule has 1 atom stereocenters. The molecule has 0 spiro atoms. The zero-order valence-electron chi connectivity index (χ0n) is 10.5. The molecule has 0 saturated heterocycles. The highest BCUT2D eigenvalue weighted by molar-refractivity contribution is 9.10. The van der Waals surface area contributed by atoms with Crippen molar-refractivity contribution in [2.24, 2.45) is 12.9 Å². The lowest BCUT2D eigenvalue weighted by Crippen LogP contribution is -2.29. The molecule has 6 heteroatoms. The Balaban J connectivity index is 2.25. The average Bonchev–Trinajstić information content (AvgIpc) is 2.97. The van der Waals surface area contributed by atoms with Gasteiger partial charge in [0.15, 0.2) is 0 Å². The standard InChI is InChI=1S/C12H17BrN4O/c1-3-9-12(13)11(17(2)16-9)6-10(15-14)8-4-5-18-7-8/h4-5,7,10,15H,3,6,14H2,1-2H3. The average molecular weight is 313 g/mol. The highest BCUT2D eigenvalue weighted by Gasteiger charge is 2.18. The van der Waals surface area contributed by atoms with Crippen molar-refractivity contribution in [1.29, 1.82) is 0 Å². The maximum absolute atomic E-state index is 5.61. The second kappa shape index (κ2) is 5.69. The predicted molar refractivity (Wildman–Crippen MR) is 72.8 cm³/mol. The zero-order chi connectivity index (χ0) is 13.1. The lowest BCUT2D eigenvalue weighted by atomic mass is 10.1. The number of halogens is 1. The van der Waals surface area contributed by atoms with Crippen LogP contribution in [0.4, 0.5) is 0 Å². The van der Waals surface area contributed by atoms with Crippen LogP contribution in [0.5, 0.6) is 0 Å². The van der Waals surface area contributed by atoms with E-state index in [2.05, 4.69) is 33.4 Å². The third-order valence-corrected chi connectivity index (χ3v) is 3.96. The topological polar surface area (TPSA) is 69.0 Å². The number of nitrogens with one attached hydrogen (secondary N) is 1. The van der Waals surface area contributed by atoms with Gasteiger partial charge >= 0.3 is 0 Å². The molecule has 3 N–H and O–H groups in total. The van der Waals surface area contributed by atoms with Crippen LogP contribution in [-0.4, -0.2) is 9.78 Å². The van der Waals surface area contributed by atoms with E-state index in [9.17, 15) is 0 Å². The van der Waals surface area contributed by atoms with E-state index in [0.29, 0.717) is 0 Å². The highest BCUT2D eigenvalue weighted by atomic mass is 79.9. The monoisotopic (exact) mass is 312 g/mol. The number of hydrogen-bond acceptors (Lipinski definition) is 4. The van der Waals surface area contributed by atoms with Gasteiger partial charge in [0.2, 0.25) is 0 Å². The molecular formula is C12H17BrN4O. The van der Waals surface area contributed by atoms with Crippen LogP contribution in [0.15, 0.2) is 27.5 Å². The van der Waals surface area contributed by atoms with Crippen molar-refractivity contribution in [1.82, 2.24) is 15.2 Å². The summed E-state index contributed by atoms with van der Waals surface area (Å²) in [4.78, 5) is 0. The molecule has 0 aliphatic carbocycles. The maximum Gasteiger partial charge on any atom is 0.0951 e. The summed E-state index contributed by atoms with van der Waals surface area (Å²) in [6.45, 7) is 2.09. The van der Waals surface area contributed by atoms with Crippen molar-refractivity contribution in [2.75, 3.05) is 0 Å². The van der Waals surface area contributed by atoms with Crippen LogP contribution in [0, 0.1) is 0 Å². The zero-order valence-corrected chi connectivity index (χ0v) is 12.1. The van der Waals surface area contributed by atoms with Gasteiger partial charge in [0.1, 0.15) is 0 Å². The summed E-state index contributed by atoms with van der Waals surface area (Å²) in [6.07, 6.45) is 5.01. The summed E-state index contributed by atoms with van der Waals surface area (Å²) in [7, 11) is 1.95. The predicted octanol–water partition coefficient (Wildman–Crippen LogP) is 2.09. The van der Waals surface area contributed by atoms with Gasteiger partial charge in [-0.2, -0.15) is 5.10 Å². The molecule has 0 aromatic carbocycles. The largest absolute Gasteiger partial charge is 0.472 e. The van der Waals surface area contributed by atoms with Gasteiger partial charge in [0.25, 0.3) is 0 Å². The first-order chi connectivity index (χ1) is 8.67. The van der Waals surface area contributed by atoms with Gasteiger partial charge in [-0.3, -0.25) is 16.0 Å². The molecule has 2 aromatic heterocycles. The van der Waals surface area contributed by atoms with Crippen LogP contribution in [0.2, 0.25) is 0 Å². The molecule has 2 heterocycles. The van der Waals surface area contributed by atoms with E-state index in [-0.39, 0.29) is 6.04 Å². The minimum absolute atomic E-state index is 0.0140. The summed E-state index contributed by atoms with van der Waals surface area (Å²) in [5, 5.41) is 4.48. The van der Waals surface area contributed by atoms with Gasteiger partial charge in [-0.15, -0.1) is 0 Å². The fraction of sp³-hybridized carbons (Fsp3) is 0.417. The lowest BCUT2D eigenvalue weighted by Gasteiger charge is -2.14. The van der Waals surface area contributed by atoms with Gasteiger partial charge in [0, 0.05) is 19.0 Å². The normalized spacial score (nSPS) is 12.9. The molecule has 2 rings (SSSR count). The second-order valence-electron chi connectivity index (χ2n) is 4.16. The van der Waals surface area contributed by atoms with Crippen LogP contribution >= 0.6 is 15.9 Å². The number of furan rings is 1. The van der Waals surface area contributed by atoms with Crippen LogP contribution in [0.25, 0.3) is 0 Å². The van der Waals surface area contributed by atoms with Crippen molar-refractivity contribution in [3.8, 4) is 0 Å². The lowest BCUT2D eigenvalue weighted by molar-refractivity contribution is 0.512. The highest BCUT2D eigenvalue weighted by Crippen LogP contribution is 2.26. The Morgan fingerprint density at radius 1 is 1.61 bits per heavy atom. The molecule has 1 unspecified atom stereocenters. The van der Waals surface area contributed by atoms with E-state index in [0.717, 1.165) is 34.3 Å². The first-order valence-electron chi connectivity index (χ1n) is 5.85. The SMILES string of the molecule is CCc1nn(C)c(CC(NN)c2ccoc2)c1Br. The van der Waals surface area contributed by atoms with Crippen molar-refractivity contribution in [2.45, 2.75) is 25.8 Å². The summed E-state index contributed by atoms with van der Waals surface area (Å²) in [6, 6.07) is 1.93. The molecule has 0 aliphatic heterocycles. The number of hydrogen-bond donors (Lipinski definition) is 2. The summed E-state index contributed by atoms with van der Waals surface area (Å²) in [5.74, 6) is 5.61. The molecule has 0 radical (unpaired) electrons. The fourth-order valence-electron chi connectivity index (χ4n) is 1.98. The van der Waals surface area contributed by atoms with Gasteiger partial charge < -0.3 is 4.42 Å².